The van der Waals surface area contributed by atoms with E-state index in [2.05, 4.69) is 10.9 Å². The number of β-amino-alcohol motifs (C(OH)–C–C–N with tert-alkyl or cyclic N) is 1. The van der Waals surface area contributed by atoms with Gasteiger partial charge in [0.2, 0.25) is 5.91 Å². The van der Waals surface area contributed by atoms with Crippen LogP contribution in [-0.4, -0.2) is 42.2 Å². The quantitative estimate of drug-likeness (QED) is 0.767. The molecule has 3 N–H and O–H groups in total. The first-order chi connectivity index (χ1) is 13.1. The maximum absolute atomic E-state index is 13.0. The molecular formula is C21H25N3O3. The van der Waals surface area contributed by atoms with E-state index < -0.39 is 5.60 Å². The van der Waals surface area contributed by atoms with Crippen molar-refractivity contribution in [1.82, 2.24) is 15.8 Å². The maximum atomic E-state index is 13.0. The predicted octanol–water partition coefficient (Wildman–Crippen LogP) is 1.72. The molecule has 2 aliphatic rings. The average Bonchev–Trinajstić information content (AvgIpc) is 3.36. The zero-order chi connectivity index (χ0) is 18.9. The van der Waals surface area contributed by atoms with Gasteiger partial charge in [-0.1, -0.05) is 48.5 Å². The van der Waals surface area contributed by atoms with Crippen LogP contribution in [0.5, 0.6) is 5.75 Å². The molecule has 2 aromatic rings. The number of ether oxygens (including phenoxy) is 1. The third-order valence-corrected chi connectivity index (χ3v) is 5.59. The lowest BCUT2D eigenvalue weighted by atomic mass is 9.93. The third-order valence-electron chi connectivity index (χ3n) is 5.59. The zero-order valence-corrected chi connectivity index (χ0v) is 15.4. The van der Waals surface area contributed by atoms with Gasteiger partial charge in [0.05, 0.1) is 19.7 Å². The van der Waals surface area contributed by atoms with Crippen LogP contribution < -0.4 is 15.6 Å². The summed E-state index contributed by atoms with van der Waals surface area (Å²) in [6, 6.07) is 17.1. The molecule has 27 heavy (non-hydrogen) atoms. The molecule has 6 heteroatoms. The highest BCUT2D eigenvalue weighted by atomic mass is 16.5. The summed E-state index contributed by atoms with van der Waals surface area (Å²) in [7, 11) is 1.65. The molecule has 0 spiro atoms. The van der Waals surface area contributed by atoms with E-state index in [0.29, 0.717) is 25.9 Å². The highest BCUT2D eigenvalue weighted by molar-refractivity contribution is 5.82. The van der Waals surface area contributed by atoms with Gasteiger partial charge in [0, 0.05) is 12.1 Å². The van der Waals surface area contributed by atoms with E-state index in [1.807, 2.05) is 54.6 Å². The van der Waals surface area contributed by atoms with Gasteiger partial charge in [-0.15, -0.1) is 0 Å². The van der Waals surface area contributed by atoms with Crippen LogP contribution in [0.4, 0.5) is 0 Å². The minimum Gasteiger partial charge on any atom is -0.496 e. The van der Waals surface area contributed by atoms with Gasteiger partial charge >= 0.3 is 0 Å². The van der Waals surface area contributed by atoms with Crippen molar-refractivity contribution in [3.05, 3.63) is 65.7 Å². The highest BCUT2D eigenvalue weighted by Crippen LogP contribution is 2.34. The van der Waals surface area contributed by atoms with E-state index in [0.717, 1.165) is 16.9 Å². The summed E-state index contributed by atoms with van der Waals surface area (Å²) in [5.41, 5.74) is 7.27. The molecule has 0 bridgehead atoms. The number of hydrogen-bond donors (Lipinski definition) is 3. The third kappa shape index (κ3) is 3.43. The van der Waals surface area contributed by atoms with Gasteiger partial charge in [-0.05, 0) is 24.5 Å². The van der Waals surface area contributed by atoms with Crippen LogP contribution in [-0.2, 0) is 10.4 Å². The minimum absolute atomic E-state index is 0.00529. The number of methoxy groups -OCH3 is 1. The number of hydrogen-bond acceptors (Lipinski definition) is 5. The molecule has 2 aromatic carbocycles. The fraction of sp³-hybridized carbons (Fsp3) is 0.381. The number of nitrogens with one attached hydrogen (secondary N) is 2. The first kappa shape index (κ1) is 18.0. The molecule has 0 aliphatic carbocycles. The van der Waals surface area contributed by atoms with Crippen LogP contribution >= 0.6 is 0 Å². The highest BCUT2D eigenvalue weighted by Gasteiger charge is 2.42. The summed E-state index contributed by atoms with van der Waals surface area (Å²) in [5.74, 6) is 0.830. The van der Waals surface area contributed by atoms with E-state index in [1.165, 1.54) is 0 Å². The summed E-state index contributed by atoms with van der Waals surface area (Å²) in [5, 5.41) is 11.0. The monoisotopic (exact) mass is 367 g/mol. The molecule has 3 atom stereocenters. The zero-order valence-electron chi connectivity index (χ0n) is 15.4. The van der Waals surface area contributed by atoms with Crippen molar-refractivity contribution < 1.29 is 14.6 Å². The summed E-state index contributed by atoms with van der Waals surface area (Å²) in [6.07, 6.45) is 1.19. The molecule has 2 heterocycles. The molecule has 0 saturated carbocycles. The lowest BCUT2D eigenvalue weighted by Crippen LogP contribution is -2.45. The average molecular weight is 367 g/mol. The minimum atomic E-state index is -0.967. The number of carbonyl (C=O) groups is 1. The first-order valence-electron chi connectivity index (χ1n) is 9.31. The number of hydrazine groups is 1. The second-order valence-corrected chi connectivity index (χ2v) is 7.28. The number of amides is 1. The number of rotatable bonds is 4. The Kier molecular flexibility index (Phi) is 4.86. The summed E-state index contributed by atoms with van der Waals surface area (Å²) >= 11 is 0. The fourth-order valence-electron chi connectivity index (χ4n) is 4.06. The van der Waals surface area contributed by atoms with Crippen LogP contribution in [0, 0.1) is 0 Å². The summed E-state index contributed by atoms with van der Waals surface area (Å²) in [4.78, 5) is 14.7. The van der Waals surface area contributed by atoms with Crippen LogP contribution in [0.2, 0.25) is 0 Å². The van der Waals surface area contributed by atoms with E-state index in [9.17, 15) is 9.90 Å². The maximum Gasteiger partial charge on any atom is 0.241 e. The normalized spacial score (nSPS) is 27.7. The Bertz CT molecular complexity index is 813. The second-order valence-electron chi connectivity index (χ2n) is 7.28. The lowest BCUT2D eigenvalue weighted by molar-refractivity contribution is -0.133. The van der Waals surface area contributed by atoms with Gasteiger partial charge in [0.1, 0.15) is 17.4 Å². The van der Waals surface area contributed by atoms with Crippen molar-refractivity contribution in [2.24, 2.45) is 0 Å². The molecule has 3 unspecified atom stereocenters. The molecule has 2 fully saturated rings. The molecule has 142 valence electrons. The second kappa shape index (κ2) is 7.31. The standard InChI is InChI=1S/C21H25N3O3/c1-27-19-10-6-5-9-16(19)17-13-18(23-22-17)20(25)24-12-11-21(26,14-24)15-7-3-2-4-8-15/h2-10,17-18,22-23,26H,11-14H2,1H3. The number of carbonyl (C=O) groups excluding carboxylic acids is 1. The smallest absolute Gasteiger partial charge is 0.241 e. The van der Waals surface area contributed by atoms with Crippen molar-refractivity contribution in [1.29, 1.82) is 0 Å². The SMILES string of the molecule is COc1ccccc1C1CC(C(=O)N2CCC(O)(c3ccccc3)C2)NN1. The van der Waals surface area contributed by atoms with Crippen molar-refractivity contribution >= 4 is 5.91 Å². The van der Waals surface area contributed by atoms with E-state index >= 15 is 0 Å². The lowest BCUT2D eigenvalue weighted by Gasteiger charge is -2.25. The van der Waals surface area contributed by atoms with Crippen molar-refractivity contribution in [3.8, 4) is 5.75 Å². The van der Waals surface area contributed by atoms with Crippen LogP contribution in [0.3, 0.4) is 0 Å². The van der Waals surface area contributed by atoms with Gasteiger partial charge in [0.15, 0.2) is 0 Å². The van der Waals surface area contributed by atoms with Crippen molar-refractivity contribution in [2.75, 3.05) is 20.2 Å². The molecule has 2 saturated heterocycles. The Hall–Kier alpha value is -2.41. The van der Waals surface area contributed by atoms with Gasteiger partial charge in [-0.3, -0.25) is 4.79 Å². The predicted molar refractivity (Wildman–Crippen MR) is 102 cm³/mol. The summed E-state index contributed by atoms with van der Waals surface area (Å²) in [6.45, 7) is 0.884. The number of para-hydroxylation sites is 1. The molecule has 6 nitrogen and oxygen atoms in total. The van der Waals surface area contributed by atoms with Crippen LogP contribution in [0.1, 0.15) is 30.0 Å². The molecule has 4 rings (SSSR count). The molecule has 2 aliphatic heterocycles. The molecule has 0 radical (unpaired) electrons. The molecule has 0 aromatic heterocycles. The van der Waals surface area contributed by atoms with Crippen molar-refractivity contribution in [2.45, 2.75) is 30.5 Å². The Morgan fingerprint density at radius 1 is 1.15 bits per heavy atom. The number of benzene rings is 2. The fourth-order valence-corrected chi connectivity index (χ4v) is 4.06. The molecular weight excluding hydrogens is 342 g/mol. The largest absolute Gasteiger partial charge is 0.496 e. The van der Waals surface area contributed by atoms with Gasteiger partial charge in [0.25, 0.3) is 0 Å². The van der Waals surface area contributed by atoms with Gasteiger partial charge < -0.3 is 14.7 Å². The first-order valence-corrected chi connectivity index (χ1v) is 9.31. The van der Waals surface area contributed by atoms with E-state index in [-0.39, 0.29) is 18.0 Å². The number of nitrogens with zero attached hydrogens (tertiary/aromatic N) is 1. The topological polar surface area (TPSA) is 73.8 Å². The number of likely N-dealkylation sites (tertiary alicyclic amines) is 1. The van der Waals surface area contributed by atoms with Gasteiger partial charge in [-0.2, -0.15) is 0 Å². The van der Waals surface area contributed by atoms with Gasteiger partial charge in [-0.25, -0.2) is 10.9 Å². The summed E-state index contributed by atoms with van der Waals surface area (Å²) < 4.78 is 5.43. The molecule has 1 amide bonds. The van der Waals surface area contributed by atoms with Crippen LogP contribution in [0.25, 0.3) is 0 Å². The van der Waals surface area contributed by atoms with Crippen molar-refractivity contribution in [3.63, 3.8) is 0 Å². The number of aliphatic hydroxyl groups is 1. The Morgan fingerprint density at radius 2 is 1.89 bits per heavy atom. The Labute approximate surface area is 159 Å². The van der Waals surface area contributed by atoms with Crippen LogP contribution in [0.15, 0.2) is 54.6 Å². The Morgan fingerprint density at radius 3 is 2.67 bits per heavy atom. The Balaban J connectivity index is 1.43. The van der Waals surface area contributed by atoms with E-state index in [1.54, 1.807) is 12.0 Å². The van der Waals surface area contributed by atoms with E-state index in [4.69, 9.17) is 4.74 Å².